The number of hydrogen-bond acceptors (Lipinski definition) is 3. The Kier molecular flexibility index (Phi) is 5.32. The number of thioether (sulfide) groups is 1. The van der Waals surface area contributed by atoms with Crippen LogP contribution in [0, 0.1) is 5.41 Å². The molecule has 0 bridgehead atoms. The molecule has 0 aliphatic heterocycles. The third-order valence-electron chi connectivity index (χ3n) is 3.57. The molecule has 0 aromatic rings. The standard InChI is InChI=1S/C13H26N2OS/c1-13(2,3)11(14)12(16)15-9-5-7-10(17-4)8-6-9/h9-11H,5-8,14H2,1-4H3,(H,15,16)/t9?,10?,11-/m0/s1. The maximum Gasteiger partial charge on any atom is 0.237 e. The Labute approximate surface area is 109 Å². The number of nitrogens with two attached hydrogens (primary N) is 1. The monoisotopic (exact) mass is 258 g/mol. The fourth-order valence-corrected chi connectivity index (χ4v) is 2.87. The lowest BCUT2D eigenvalue weighted by atomic mass is 9.86. The second kappa shape index (κ2) is 6.10. The summed E-state index contributed by atoms with van der Waals surface area (Å²) in [5.41, 5.74) is 5.78. The van der Waals surface area contributed by atoms with Crippen molar-refractivity contribution in [2.45, 2.75) is 63.8 Å². The van der Waals surface area contributed by atoms with Gasteiger partial charge in [-0.2, -0.15) is 11.8 Å². The Morgan fingerprint density at radius 1 is 1.29 bits per heavy atom. The first-order valence-corrected chi connectivity index (χ1v) is 7.72. The summed E-state index contributed by atoms with van der Waals surface area (Å²) in [6, 6.07) is -0.0833. The summed E-state index contributed by atoms with van der Waals surface area (Å²) in [5, 5.41) is 3.87. The molecule has 0 saturated heterocycles. The van der Waals surface area contributed by atoms with Crippen molar-refractivity contribution in [1.82, 2.24) is 5.32 Å². The van der Waals surface area contributed by atoms with E-state index in [1.807, 2.05) is 32.5 Å². The molecule has 17 heavy (non-hydrogen) atoms. The van der Waals surface area contributed by atoms with Gasteiger partial charge in [0.1, 0.15) is 0 Å². The van der Waals surface area contributed by atoms with Crippen LogP contribution in [0.3, 0.4) is 0 Å². The highest BCUT2D eigenvalue weighted by Gasteiger charge is 2.30. The second-order valence-electron chi connectivity index (χ2n) is 6.06. The Bertz CT molecular complexity index is 255. The predicted octanol–water partition coefficient (Wildman–Crippen LogP) is 2.15. The molecule has 0 radical (unpaired) electrons. The van der Waals surface area contributed by atoms with Gasteiger partial charge in [0.05, 0.1) is 6.04 Å². The molecule has 0 unspecified atom stereocenters. The van der Waals surface area contributed by atoms with Crippen molar-refractivity contribution in [3.05, 3.63) is 0 Å². The van der Waals surface area contributed by atoms with Crippen LogP contribution < -0.4 is 11.1 Å². The average Bonchev–Trinajstić information content (AvgIpc) is 2.27. The van der Waals surface area contributed by atoms with Gasteiger partial charge >= 0.3 is 0 Å². The number of carbonyl (C=O) groups excluding carboxylic acids is 1. The Morgan fingerprint density at radius 3 is 2.24 bits per heavy atom. The Hall–Kier alpha value is -0.220. The van der Waals surface area contributed by atoms with E-state index in [1.54, 1.807) is 0 Å². The largest absolute Gasteiger partial charge is 0.352 e. The van der Waals surface area contributed by atoms with E-state index in [0.717, 1.165) is 18.1 Å². The average molecular weight is 258 g/mol. The molecular formula is C13H26N2OS. The normalized spacial score (nSPS) is 27.6. The minimum atomic E-state index is -0.416. The molecule has 1 atom stereocenters. The van der Waals surface area contributed by atoms with Gasteiger partial charge in [-0.25, -0.2) is 0 Å². The zero-order valence-electron chi connectivity index (χ0n) is 11.5. The zero-order chi connectivity index (χ0) is 13.1. The molecule has 3 N–H and O–H groups in total. The molecule has 3 nitrogen and oxygen atoms in total. The number of nitrogens with one attached hydrogen (secondary N) is 1. The molecule has 1 saturated carbocycles. The lowest BCUT2D eigenvalue weighted by Gasteiger charge is -2.31. The molecule has 0 aromatic carbocycles. The fraction of sp³-hybridized carbons (Fsp3) is 0.923. The third kappa shape index (κ3) is 4.51. The minimum absolute atomic E-state index is 0.00472. The number of amides is 1. The van der Waals surface area contributed by atoms with E-state index in [0.29, 0.717) is 6.04 Å². The van der Waals surface area contributed by atoms with Crippen molar-refractivity contribution in [2.24, 2.45) is 11.1 Å². The van der Waals surface area contributed by atoms with Crippen LogP contribution in [-0.4, -0.2) is 29.5 Å². The number of rotatable bonds is 3. The second-order valence-corrected chi connectivity index (χ2v) is 7.20. The predicted molar refractivity (Wildman–Crippen MR) is 75.1 cm³/mol. The SMILES string of the molecule is CSC1CCC(NC(=O)[C@H](N)C(C)(C)C)CC1. The molecule has 0 heterocycles. The van der Waals surface area contributed by atoms with Gasteiger partial charge in [0, 0.05) is 11.3 Å². The quantitative estimate of drug-likeness (QED) is 0.815. The van der Waals surface area contributed by atoms with E-state index in [4.69, 9.17) is 5.73 Å². The highest BCUT2D eigenvalue weighted by atomic mass is 32.2. The van der Waals surface area contributed by atoms with Gasteiger partial charge in [0.2, 0.25) is 5.91 Å². The first-order valence-electron chi connectivity index (χ1n) is 6.43. The van der Waals surface area contributed by atoms with Crippen molar-refractivity contribution in [1.29, 1.82) is 0 Å². The molecule has 0 spiro atoms. The van der Waals surface area contributed by atoms with Gasteiger partial charge < -0.3 is 11.1 Å². The fourth-order valence-electron chi connectivity index (χ4n) is 2.13. The maximum absolute atomic E-state index is 12.0. The van der Waals surface area contributed by atoms with Crippen molar-refractivity contribution in [3.8, 4) is 0 Å². The van der Waals surface area contributed by atoms with E-state index in [9.17, 15) is 4.79 Å². The summed E-state index contributed by atoms with van der Waals surface area (Å²) < 4.78 is 0. The summed E-state index contributed by atoms with van der Waals surface area (Å²) in [6.07, 6.45) is 6.76. The summed E-state index contributed by atoms with van der Waals surface area (Å²) in [7, 11) is 0. The molecular weight excluding hydrogens is 232 g/mol. The summed E-state index contributed by atoms with van der Waals surface area (Å²) in [4.78, 5) is 12.0. The van der Waals surface area contributed by atoms with Crippen LogP contribution in [-0.2, 0) is 4.79 Å². The van der Waals surface area contributed by atoms with Crippen LogP contribution in [0.2, 0.25) is 0 Å². The molecule has 1 rings (SSSR count). The van der Waals surface area contributed by atoms with Gasteiger partial charge in [-0.05, 0) is 37.4 Å². The number of hydrogen-bond donors (Lipinski definition) is 2. The molecule has 1 fully saturated rings. The van der Waals surface area contributed by atoms with E-state index in [2.05, 4.69) is 11.6 Å². The van der Waals surface area contributed by atoms with Gasteiger partial charge in [0.15, 0.2) is 0 Å². The van der Waals surface area contributed by atoms with Gasteiger partial charge in [0.25, 0.3) is 0 Å². The van der Waals surface area contributed by atoms with Crippen LogP contribution in [0.4, 0.5) is 0 Å². The Morgan fingerprint density at radius 2 is 1.82 bits per heavy atom. The minimum Gasteiger partial charge on any atom is -0.352 e. The third-order valence-corrected chi connectivity index (χ3v) is 4.71. The zero-order valence-corrected chi connectivity index (χ0v) is 12.3. The van der Waals surface area contributed by atoms with Crippen LogP contribution in [0.1, 0.15) is 46.5 Å². The lowest BCUT2D eigenvalue weighted by molar-refractivity contribution is -0.125. The molecule has 0 aromatic heterocycles. The maximum atomic E-state index is 12.0. The van der Waals surface area contributed by atoms with Crippen molar-refractivity contribution in [3.63, 3.8) is 0 Å². The summed E-state index contributed by atoms with van der Waals surface area (Å²) in [6.45, 7) is 6.01. The van der Waals surface area contributed by atoms with Crippen LogP contribution in [0.25, 0.3) is 0 Å². The summed E-state index contributed by atoms with van der Waals surface area (Å²) in [5.74, 6) is 0.00472. The van der Waals surface area contributed by atoms with Gasteiger partial charge in [-0.1, -0.05) is 20.8 Å². The van der Waals surface area contributed by atoms with Crippen LogP contribution in [0.15, 0.2) is 0 Å². The van der Waals surface area contributed by atoms with Gasteiger partial charge in [-0.15, -0.1) is 0 Å². The highest BCUT2D eigenvalue weighted by Crippen LogP contribution is 2.27. The number of carbonyl (C=O) groups is 1. The van der Waals surface area contributed by atoms with Crippen molar-refractivity contribution in [2.75, 3.05) is 6.26 Å². The smallest absolute Gasteiger partial charge is 0.237 e. The topological polar surface area (TPSA) is 55.1 Å². The molecule has 1 amide bonds. The van der Waals surface area contributed by atoms with E-state index in [1.165, 1.54) is 12.8 Å². The van der Waals surface area contributed by atoms with E-state index < -0.39 is 6.04 Å². The lowest BCUT2D eigenvalue weighted by Crippen LogP contribution is -2.52. The molecule has 4 heteroatoms. The first kappa shape index (κ1) is 14.8. The van der Waals surface area contributed by atoms with Crippen LogP contribution in [0.5, 0.6) is 0 Å². The molecule has 1 aliphatic carbocycles. The first-order chi connectivity index (χ1) is 7.84. The Balaban J connectivity index is 2.38. The summed E-state index contributed by atoms with van der Waals surface area (Å²) >= 11 is 1.94. The van der Waals surface area contributed by atoms with E-state index in [-0.39, 0.29) is 11.3 Å². The van der Waals surface area contributed by atoms with E-state index >= 15 is 0 Å². The van der Waals surface area contributed by atoms with Crippen molar-refractivity contribution >= 4 is 17.7 Å². The molecule has 1 aliphatic rings. The highest BCUT2D eigenvalue weighted by molar-refractivity contribution is 7.99. The van der Waals surface area contributed by atoms with Crippen LogP contribution >= 0.6 is 11.8 Å². The van der Waals surface area contributed by atoms with Crippen molar-refractivity contribution < 1.29 is 4.79 Å². The van der Waals surface area contributed by atoms with Gasteiger partial charge in [-0.3, -0.25) is 4.79 Å². The molecule has 100 valence electrons.